The highest BCUT2D eigenvalue weighted by molar-refractivity contribution is 9.11. The third-order valence-corrected chi connectivity index (χ3v) is 30.4. The van der Waals surface area contributed by atoms with Crippen molar-refractivity contribution in [1.82, 2.24) is 78.3 Å². The second kappa shape index (κ2) is 40.7. The topological polar surface area (TPSA) is 426 Å². The summed E-state index contributed by atoms with van der Waals surface area (Å²) >= 11 is 14.4. The zero-order chi connectivity index (χ0) is 96.5. The van der Waals surface area contributed by atoms with Crippen LogP contribution in [-0.2, 0) is 24.6 Å². The van der Waals surface area contributed by atoms with Crippen LogP contribution in [0.3, 0.4) is 0 Å². The predicted molar refractivity (Wildman–Crippen MR) is 542 cm³/mol. The second-order valence-corrected chi connectivity index (χ2v) is 40.4. The molecule has 12 heterocycles. The van der Waals surface area contributed by atoms with E-state index in [-0.39, 0.29) is 58.6 Å². The number of benzene rings is 4. The lowest BCUT2D eigenvalue weighted by molar-refractivity contribution is -0.143. The molecule has 0 aliphatic heterocycles. The average Bonchev–Trinajstić information content (AvgIpc) is 1.69. The molecule has 137 heavy (non-hydrogen) atoms. The van der Waals surface area contributed by atoms with Gasteiger partial charge in [-0.3, -0.25) is 39.1 Å². The number of carboxylic acid groups (broad SMARTS) is 4. The number of rotatable bonds is 17. The van der Waals surface area contributed by atoms with Gasteiger partial charge < -0.3 is 43.4 Å². The lowest BCUT2D eigenvalue weighted by Crippen LogP contribution is -2.21. The van der Waals surface area contributed by atoms with Gasteiger partial charge in [-0.05, 0) is 250 Å². The maximum Gasteiger partial charge on any atom is 0.306 e. The lowest BCUT2D eigenvalue weighted by atomic mass is 9.80. The number of nitrogens with zero attached hydrogens (tertiary/aromatic N) is 16. The molecule has 0 saturated heterocycles. The van der Waals surface area contributed by atoms with Crippen LogP contribution in [0.1, 0.15) is 206 Å². The van der Waals surface area contributed by atoms with Crippen LogP contribution in [0.2, 0.25) is 0 Å². The number of fused-ring (bicyclic) bond motifs is 4. The molecule has 12 aromatic heterocycles. The molecule has 0 spiro atoms. The molecule has 12 N–H and O–H groups in total. The van der Waals surface area contributed by atoms with Crippen molar-refractivity contribution in [3.8, 4) is 89.5 Å². The largest absolute Gasteiger partial charge is 0.481 e. The Balaban J connectivity index is 0.000000127. The first-order valence-corrected chi connectivity index (χ1v) is 49.1. The zero-order valence-electron chi connectivity index (χ0n) is 76.3. The van der Waals surface area contributed by atoms with Crippen LogP contribution in [0.15, 0.2) is 213 Å². The number of pyridine rings is 4. The summed E-state index contributed by atoms with van der Waals surface area (Å²) in [6, 6.07) is 47.5. The normalized spacial score (nSPS) is 18.4. The smallest absolute Gasteiger partial charge is 0.306 e. The molecule has 4 fully saturated rings. The van der Waals surface area contributed by atoms with Gasteiger partial charge in [-0.15, -0.1) is 0 Å². The van der Waals surface area contributed by atoms with E-state index in [2.05, 4.69) is 202 Å². The minimum absolute atomic E-state index is 0.109. The van der Waals surface area contributed by atoms with Crippen molar-refractivity contribution in [1.29, 1.82) is 0 Å². The van der Waals surface area contributed by atoms with Crippen LogP contribution in [0.4, 0.5) is 27.7 Å². The number of aromatic nitrogens is 16. The summed E-state index contributed by atoms with van der Waals surface area (Å²) in [5.74, 6) is -1.26. The van der Waals surface area contributed by atoms with Crippen molar-refractivity contribution in [2.45, 2.75) is 179 Å². The maximum atomic E-state index is 13.2. The second-order valence-electron chi connectivity index (χ2n) is 37.2. The first-order chi connectivity index (χ1) is 65.8. The van der Waals surface area contributed by atoms with E-state index in [9.17, 15) is 44.0 Å². The number of aryl methyl sites for hydroxylation is 1. The van der Waals surface area contributed by atoms with E-state index in [1.807, 2.05) is 73.2 Å². The van der Waals surface area contributed by atoms with Crippen molar-refractivity contribution < 1.29 is 44.0 Å². The monoisotopic (exact) mass is 2090 g/mol. The Morgan fingerprint density at radius 3 is 0.847 bits per heavy atom. The standard InChI is InChI=1S/C28H30BrN5O2.C27H28BrN5O2.C25H24BrN5O2.C24H21BrFN5O2/c1-28(2,3)20-11-8-16(9-12-20)22-13-10-19(14-31-22)21-15-32-34-25(30)23(29)24(33-26(21)34)17-4-6-18(7-5-17)27(35)36;1-15(2)16-3-5-17(6-4-16)22-12-11-20(13-30-22)21-14-31-33-25(29)23(28)24(32-26(21)33)18-7-9-19(10-8-18)27(34)35;1-14-3-2-4-17(11-14)20-10-9-18(12-28-20)19-13-29-31-23(27)21(26)22(30-24(19)31)15-5-7-16(8-6-15)25(32)33;25-20-21(14-1-3-15(4-2-14)24(32)33)30-23-18(12-29-31(23)22(20)27)16-7-10-19(28-11-16)13-5-8-17(26)9-6-13/h8-15,17-18H,4-7,30H2,1-3H3,(H,35,36);3-6,11-15,18-19H,7-10,29H2,1-2H3,(H,34,35);2-4,9-13,15-16H,5-8,27H2,1H3,(H,32,33);5-12,14-15H,1-4,27H2,(H,32,33). The number of hydrogen-bond acceptors (Lipinski definition) is 20. The van der Waals surface area contributed by atoms with Crippen molar-refractivity contribution in [2.75, 3.05) is 22.9 Å². The minimum Gasteiger partial charge on any atom is -0.481 e. The average molecular weight is 2100 g/mol. The minimum atomic E-state index is -0.731. The van der Waals surface area contributed by atoms with E-state index < -0.39 is 23.9 Å². The first-order valence-electron chi connectivity index (χ1n) is 45.9. The molecule has 4 aromatic carbocycles. The van der Waals surface area contributed by atoms with Crippen LogP contribution >= 0.6 is 63.7 Å². The quantitative estimate of drug-likeness (QED) is 0.0420. The molecule has 0 atom stereocenters. The molecular formula is C104H103Br4FN20O8. The van der Waals surface area contributed by atoms with Gasteiger partial charge in [0.2, 0.25) is 0 Å². The van der Waals surface area contributed by atoms with Gasteiger partial charge in [0.05, 0.1) is 112 Å². The summed E-state index contributed by atoms with van der Waals surface area (Å²) < 4.78 is 22.6. The van der Waals surface area contributed by atoms with Gasteiger partial charge in [0.25, 0.3) is 0 Å². The molecule has 0 unspecified atom stereocenters. The molecule has 0 radical (unpaired) electrons. The van der Waals surface area contributed by atoms with Crippen molar-refractivity contribution in [3.63, 3.8) is 0 Å². The third-order valence-electron chi connectivity index (χ3n) is 27.1. The fraction of sp³-hybridized carbons (Fsp3) is 0.308. The lowest BCUT2D eigenvalue weighted by Gasteiger charge is -2.26. The van der Waals surface area contributed by atoms with Gasteiger partial charge in [-0.1, -0.05) is 131 Å². The molecule has 702 valence electrons. The number of nitrogens with two attached hydrogens (primary N) is 4. The van der Waals surface area contributed by atoms with Crippen LogP contribution in [0.25, 0.3) is 112 Å². The van der Waals surface area contributed by atoms with Crippen molar-refractivity contribution >= 4 is 133 Å². The Bertz CT molecular complexity index is 7170. The van der Waals surface area contributed by atoms with Crippen LogP contribution < -0.4 is 22.9 Å². The van der Waals surface area contributed by atoms with Crippen LogP contribution in [0, 0.1) is 36.4 Å². The fourth-order valence-electron chi connectivity index (χ4n) is 18.9. The summed E-state index contributed by atoms with van der Waals surface area (Å²) in [7, 11) is 0. The summed E-state index contributed by atoms with van der Waals surface area (Å²) in [6.07, 6.45) is 25.5. The van der Waals surface area contributed by atoms with E-state index in [1.165, 1.54) is 28.8 Å². The van der Waals surface area contributed by atoms with Gasteiger partial charge in [0.15, 0.2) is 22.6 Å². The highest BCUT2D eigenvalue weighted by Crippen LogP contribution is 2.47. The summed E-state index contributed by atoms with van der Waals surface area (Å²) in [5.41, 5.74) is 50.1. The number of aliphatic carboxylic acids is 4. The molecule has 20 rings (SSSR count). The molecular weight excluding hydrogens is 2000 g/mol. The number of carboxylic acids is 4. The van der Waals surface area contributed by atoms with E-state index in [4.69, 9.17) is 52.8 Å². The Morgan fingerprint density at radius 2 is 0.606 bits per heavy atom. The van der Waals surface area contributed by atoms with Gasteiger partial charge in [0.1, 0.15) is 29.1 Å². The Labute approximate surface area is 823 Å². The van der Waals surface area contributed by atoms with Crippen molar-refractivity contribution in [2.24, 2.45) is 23.7 Å². The molecule has 16 aromatic rings. The predicted octanol–water partition coefficient (Wildman–Crippen LogP) is 23.5. The Hall–Kier alpha value is -13.1. The highest BCUT2D eigenvalue weighted by atomic mass is 79.9. The number of carbonyl (C=O) groups is 4. The molecule has 4 aliphatic carbocycles. The fourth-order valence-corrected chi connectivity index (χ4v) is 21.2. The number of hydrogen-bond donors (Lipinski definition) is 8. The molecule has 0 amide bonds. The summed E-state index contributed by atoms with van der Waals surface area (Å²) in [4.78, 5) is 83.8. The molecule has 4 saturated carbocycles. The van der Waals surface area contributed by atoms with E-state index in [1.54, 1.807) is 61.2 Å². The zero-order valence-corrected chi connectivity index (χ0v) is 82.6. The maximum absolute atomic E-state index is 13.2. The van der Waals surface area contributed by atoms with E-state index >= 15 is 0 Å². The molecule has 33 heteroatoms. The van der Waals surface area contributed by atoms with Gasteiger partial charge in [-0.25, -0.2) is 24.3 Å². The SMILES string of the molecule is CC(C)(C)c1ccc(-c2ccc(-c3cnn4c(N)c(Br)c(C5CCC(C(=O)O)CC5)nc34)cn2)cc1.CC(C)c1ccc(-c2ccc(-c3cnn4c(N)c(Br)c(C5CCC(C(=O)O)CC5)nc34)cn2)cc1.Cc1cccc(-c2ccc(-c3cnn4c(N)c(Br)c(C5CCC(C(=O)O)CC5)nc34)cn2)c1.Nc1c(Br)c(C2CCC(C(=O)O)CC2)nc2c(-c3ccc(-c4ccc(F)cc4)nc3)cnn12. The molecule has 28 nitrogen and oxygen atoms in total. The Morgan fingerprint density at radius 1 is 0.350 bits per heavy atom. The van der Waals surface area contributed by atoms with Crippen LogP contribution in [0.5, 0.6) is 0 Å². The van der Waals surface area contributed by atoms with Crippen LogP contribution in [-0.4, -0.2) is 123 Å². The van der Waals surface area contributed by atoms with Gasteiger partial charge in [-0.2, -0.15) is 38.5 Å². The first kappa shape index (κ1) is 95.6. The van der Waals surface area contributed by atoms with E-state index in [0.29, 0.717) is 108 Å². The third kappa shape index (κ3) is 20.4. The van der Waals surface area contributed by atoms with Gasteiger partial charge in [0, 0.05) is 115 Å². The van der Waals surface area contributed by atoms with Gasteiger partial charge >= 0.3 is 23.9 Å². The molecule has 0 bridgehead atoms. The molecule has 4 aliphatic rings. The summed E-state index contributed by atoms with van der Waals surface area (Å²) in [6.45, 7) is 13.1. The number of halogens is 5. The number of nitrogen functional groups attached to an aromatic ring is 4. The van der Waals surface area contributed by atoms with E-state index in [0.717, 1.165) is 177 Å². The number of anilines is 4. The summed E-state index contributed by atoms with van der Waals surface area (Å²) in [5, 5.41) is 55.1. The highest BCUT2D eigenvalue weighted by Gasteiger charge is 2.36. The Kier molecular flexibility index (Phi) is 28.4. The van der Waals surface area contributed by atoms with Crippen molar-refractivity contribution in [3.05, 3.63) is 258 Å².